The zero-order chi connectivity index (χ0) is 14.1. The summed E-state index contributed by atoms with van der Waals surface area (Å²) in [5, 5.41) is 13.9. The largest absolute Gasteiger partial charge is 0.493 e. The molecule has 0 bridgehead atoms. The van der Waals surface area contributed by atoms with E-state index in [-0.39, 0.29) is 12.3 Å². The van der Waals surface area contributed by atoms with Crippen molar-refractivity contribution in [2.24, 2.45) is 0 Å². The van der Waals surface area contributed by atoms with Crippen LogP contribution in [0.3, 0.4) is 0 Å². The predicted molar refractivity (Wildman–Crippen MR) is 71.2 cm³/mol. The lowest BCUT2D eigenvalue weighted by molar-refractivity contribution is -0.384. The molecule has 0 aliphatic heterocycles. The topological polar surface area (TPSA) is 64.4 Å². The molecule has 0 aliphatic rings. The fourth-order valence-corrected chi connectivity index (χ4v) is 1.59. The van der Waals surface area contributed by atoms with Crippen LogP contribution >= 0.6 is 0 Å². The molecule has 0 aromatic heterocycles. The Bertz CT molecular complexity index is 413. The van der Waals surface area contributed by atoms with Gasteiger partial charge in [0.25, 0.3) is 5.69 Å². The normalized spacial score (nSPS) is 10.4. The number of ether oxygens (including phenoxy) is 1. The zero-order valence-electron chi connectivity index (χ0n) is 11.0. The molecule has 19 heavy (non-hydrogen) atoms. The van der Waals surface area contributed by atoms with Gasteiger partial charge in [0.2, 0.25) is 0 Å². The lowest BCUT2D eigenvalue weighted by Gasteiger charge is -2.11. The highest BCUT2D eigenvalue weighted by atomic mass is 19.1. The summed E-state index contributed by atoms with van der Waals surface area (Å²) in [6, 6.07) is 4.46. The van der Waals surface area contributed by atoms with E-state index in [1.807, 2.05) is 6.92 Å². The van der Waals surface area contributed by atoms with Crippen LogP contribution in [0.15, 0.2) is 18.2 Å². The number of nitrogens with one attached hydrogen (secondary N) is 1. The van der Waals surface area contributed by atoms with Crippen LogP contribution < -0.4 is 10.1 Å². The first-order valence-corrected chi connectivity index (χ1v) is 6.35. The molecule has 0 fully saturated rings. The van der Waals surface area contributed by atoms with E-state index in [2.05, 4.69) is 5.32 Å². The van der Waals surface area contributed by atoms with Gasteiger partial charge in [-0.05, 0) is 19.0 Å². The van der Waals surface area contributed by atoms with Crippen LogP contribution in [0.4, 0.5) is 10.1 Å². The van der Waals surface area contributed by atoms with Gasteiger partial charge in [0.15, 0.2) is 0 Å². The molecule has 0 saturated carbocycles. The Hall–Kier alpha value is -1.69. The zero-order valence-corrected chi connectivity index (χ0v) is 11.0. The van der Waals surface area contributed by atoms with E-state index in [4.69, 9.17) is 4.74 Å². The molecular formula is C13H19FN2O3. The van der Waals surface area contributed by atoms with Crippen molar-refractivity contribution in [3.63, 3.8) is 0 Å². The second-order valence-corrected chi connectivity index (χ2v) is 4.12. The minimum Gasteiger partial charge on any atom is -0.493 e. The average Bonchev–Trinajstić information content (AvgIpc) is 2.40. The number of hydrogen-bond acceptors (Lipinski definition) is 4. The van der Waals surface area contributed by atoms with Gasteiger partial charge >= 0.3 is 0 Å². The maximum Gasteiger partial charge on any atom is 0.270 e. The number of hydrogen-bond donors (Lipinski definition) is 1. The summed E-state index contributed by atoms with van der Waals surface area (Å²) >= 11 is 0. The third-order valence-electron chi connectivity index (χ3n) is 2.53. The fraction of sp³-hybridized carbons (Fsp3) is 0.538. The quantitative estimate of drug-likeness (QED) is 0.426. The summed E-state index contributed by atoms with van der Waals surface area (Å²) in [6.45, 7) is 3.21. The summed E-state index contributed by atoms with van der Waals surface area (Å²) in [6.07, 6.45) is 1.30. The lowest BCUT2D eigenvalue weighted by atomic mass is 10.1. The van der Waals surface area contributed by atoms with E-state index in [1.54, 1.807) is 6.07 Å². The van der Waals surface area contributed by atoms with Gasteiger partial charge in [0.1, 0.15) is 5.75 Å². The lowest BCUT2D eigenvalue weighted by Crippen LogP contribution is -2.15. The van der Waals surface area contributed by atoms with Crippen LogP contribution in [-0.4, -0.2) is 24.7 Å². The Morgan fingerprint density at radius 2 is 2.26 bits per heavy atom. The van der Waals surface area contributed by atoms with Gasteiger partial charge in [-0.3, -0.25) is 14.5 Å². The van der Waals surface area contributed by atoms with Gasteiger partial charge in [-0.25, -0.2) is 0 Å². The molecule has 5 nitrogen and oxygen atoms in total. The molecule has 0 unspecified atom stereocenters. The van der Waals surface area contributed by atoms with Crippen molar-refractivity contribution in [3.8, 4) is 5.75 Å². The molecule has 0 amide bonds. The first kappa shape index (κ1) is 15.4. The Morgan fingerprint density at radius 3 is 2.89 bits per heavy atom. The van der Waals surface area contributed by atoms with Crippen molar-refractivity contribution in [1.29, 1.82) is 0 Å². The molecule has 1 rings (SSSR count). The number of non-ortho nitro benzene ring substituents is 1. The number of nitrogens with zero attached hydrogens (tertiary/aromatic N) is 1. The van der Waals surface area contributed by atoms with E-state index in [1.165, 1.54) is 12.1 Å². The van der Waals surface area contributed by atoms with E-state index in [0.29, 0.717) is 18.7 Å². The van der Waals surface area contributed by atoms with Crippen molar-refractivity contribution in [1.82, 2.24) is 5.32 Å². The van der Waals surface area contributed by atoms with E-state index < -0.39 is 11.6 Å². The SMILES string of the molecule is CCCNCc1cc([N+](=O)[O-])ccc1OCCCF. The Morgan fingerprint density at radius 1 is 1.47 bits per heavy atom. The molecule has 0 saturated heterocycles. The standard InChI is InChI=1S/C13H19FN2O3/c1-2-7-15-10-11-9-12(16(17)18)4-5-13(11)19-8-3-6-14/h4-5,9,15H,2-3,6-8,10H2,1H3. The number of halogens is 1. The highest BCUT2D eigenvalue weighted by molar-refractivity contribution is 5.43. The molecule has 0 spiro atoms. The van der Waals surface area contributed by atoms with E-state index in [9.17, 15) is 14.5 Å². The average molecular weight is 270 g/mol. The molecule has 0 atom stereocenters. The number of rotatable bonds is 9. The highest BCUT2D eigenvalue weighted by Crippen LogP contribution is 2.24. The van der Waals surface area contributed by atoms with Gasteiger partial charge in [-0.2, -0.15) is 0 Å². The van der Waals surface area contributed by atoms with E-state index >= 15 is 0 Å². The van der Waals surface area contributed by atoms with Crippen molar-refractivity contribution >= 4 is 5.69 Å². The Labute approximate surface area is 111 Å². The second-order valence-electron chi connectivity index (χ2n) is 4.12. The van der Waals surface area contributed by atoms with Crippen LogP contribution in [-0.2, 0) is 6.54 Å². The van der Waals surface area contributed by atoms with Gasteiger partial charge < -0.3 is 10.1 Å². The van der Waals surface area contributed by atoms with Gasteiger partial charge in [0.05, 0.1) is 18.2 Å². The predicted octanol–water partition coefficient (Wildman–Crippen LogP) is 2.83. The highest BCUT2D eigenvalue weighted by Gasteiger charge is 2.11. The molecule has 106 valence electrons. The maximum absolute atomic E-state index is 12.0. The molecule has 0 heterocycles. The van der Waals surface area contributed by atoms with Crippen LogP contribution in [0.25, 0.3) is 0 Å². The summed E-state index contributed by atoms with van der Waals surface area (Å²) < 4.78 is 17.5. The summed E-state index contributed by atoms with van der Waals surface area (Å²) in [5.41, 5.74) is 0.757. The fourth-order valence-electron chi connectivity index (χ4n) is 1.59. The van der Waals surface area contributed by atoms with Gasteiger partial charge in [0, 0.05) is 30.7 Å². The second kappa shape index (κ2) is 8.42. The maximum atomic E-state index is 12.0. The van der Waals surface area contributed by atoms with Crippen LogP contribution in [0, 0.1) is 10.1 Å². The monoisotopic (exact) mass is 270 g/mol. The van der Waals surface area contributed by atoms with Crippen molar-refractivity contribution in [2.45, 2.75) is 26.3 Å². The first-order valence-electron chi connectivity index (χ1n) is 6.35. The van der Waals surface area contributed by atoms with Crippen molar-refractivity contribution in [3.05, 3.63) is 33.9 Å². The molecule has 0 aliphatic carbocycles. The van der Waals surface area contributed by atoms with Crippen LogP contribution in [0.1, 0.15) is 25.3 Å². The minimum atomic E-state index is -0.436. The third kappa shape index (κ3) is 5.21. The van der Waals surface area contributed by atoms with Crippen LogP contribution in [0.2, 0.25) is 0 Å². The number of alkyl halides is 1. The van der Waals surface area contributed by atoms with Gasteiger partial charge in [-0.1, -0.05) is 6.92 Å². The van der Waals surface area contributed by atoms with Gasteiger partial charge in [-0.15, -0.1) is 0 Å². The summed E-state index contributed by atoms with van der Waals surface area (Å²) in [4.78, 5) is 10.3. The van der Waals surface area contributed by atoms with Crippen LogP contribution in [0.5, 0.6) is 5.75 Å². The Kier molecular flexibility index (Phi) is 6.81. The minimum absolute atomic E-state index is 0.0335. The van der Waals surface area contributed by atoms with Crippen molar-refractivity contribution in [2.75, 3.05) is 19.8 Å². The molecular weight excluding hydrogens is 251 g/mol. The molecule has 1 N–H and O–H groups in total. The Balaban J connectivity index is 2.78. The molecule has 1 aromatic carbocycles. The first-order chi connectivity index (χ1) is 9.19. The molecule has 1 aromatic rings. The number of nitro groups is 1. The summed E-state index contributed by atoms with van der Waals surface area (Å²) in [5.74, 6) is 0.572. The summed E-state index contributed by atoms with van der Waals surface area (Å²) in [7, 11) is 0. The smallest absolute Gasteiger partial charge is 0.270 e. The molecule has 0 radical (unpaired) electrons. The molecule has 6 heteroatoms. The van der Waals surface area contributed by atoms with Crippen molar-refractivity contribution < 1.29 is 14.1 Å². The number of benzene rings is 1. The van der Waals surface area contributed by atoms with E-state index in [0.717, 1.165) is 18.5 Å². The number of nitro benzene ring substituents is 1. The third-order valence-corrected chi connectivity index (χ3v) is 2.53.